The molecule has 0 saturated heterocycles. The monoisotopic (exact) mass is 873 g/mol. The highest BCUT2D eigenvalue weighted by atomic mass is 19.4. The molecule has 0 bridgehead atoms. The maximum atomic E-state index is 16.6. The van der Waals surface area contributed by atoms with Crippen LogP contribution < -0.4 is 0 Å². The summed E-state index contributed by atoms with van der Waals surface area (Å²) in [6.45, 7) is 0. The molecule has 9 aromatic carbocycles. The Morgan fingerprint density at radius 3 is 1.54 bits per heavy atom. The summed E-state index contributed by atoms with van der Waals surface area (Å²) in [7, 11) is 0. The smallest absolute Gasteiger partial charge is 0.418 e. The van der Waals surface area contributed by atoms with Crippen molar-refractivity contribution in [3.05, 3.63) is 212 Å². The van der Waals surface area contributed by atoms with Gasteiger partial charge < -0.3 is 13.6 Å². The molecular formula is C58H34F3N5O. The van der Waals surface area contributed by atoms with E-state index in [1.807, 2.05) is 152 Å². The number of furan rings is 1. The van der Waals surface area contributed by atoms with Crippen LogP contribution in [0, 0.1) is 0 Å². The van der Waals surface area contributed by atoms with Crippen LogP contribution in [0.3, 0.4) is 0 Å². The van der Waals surface area contributed by atoms with Crippen molar-refractivity contribution in [1.29, 1.82) is 0 Å². The molecule has 13 rings (SSSR count). The lowest BCUT2D eigenvalue weighted by molar-refractivity contribution is -0.137. The minimum atomic E-state index is -4.88. The van der Waals surface area contributed by atoms with Crippen molar-refractivity contribution in [2.24, 2.45) is 0 Å². The van der Waals surface area contributed by atoms with Gasteiger partial charge in [0, 0.05) is 60.3 Å². The molecule has 0 saturated carbocycles. The van der Waals surface area contributed by atoms with Gasteiger partial charge >= 0.3 is 6.18 Å². The van der Waals surface area contributed by atoms with Crippen LogP contribution in [0.15, 0.2) is 211 Å². The third-order valence-electron chi connectivity index (χ3n) is 12.8. The number of benzene rings is 9. The third-order valence-corrected chi connectivity index (χ3v) is 12.8. The van der Waals surface area contributed by atoms with Crippen molar-refractivity contribution < 1.29 is 17.6 Å². The number of halogens is 3. The normalized spacial score (nSPS) is 12.1. The van der Waals surface area contributed by atoms with E-state index in [2.05, 4.69) is 47.0 Å². The number of aromatic nitrogens is 5. The van der Waals surface area contributed by atoms with Crippen LogP contribution in [0.25, 0.3) is 122 Å². The van der Waals surface area contributed by atoms with E-state index < -0.39 is 11.7 Å². The number of alkyl halides is 3. The highest BCUT2D eigenvalue weighted by molar-refractivity contribution is 6.30. The molecule has 9 heteroatoms. The Labute approximate surface area is 380 Å². The summed E-state index contributed by atoms with van der Waals surface area (Å²) < 4.78 is 60.5. The molecule has 0 fully saturated rings. The summed E-state index contributed by atoms with van der Waals surface area (Å²) in [4.78, 5) is 14.8. The van der Waals surface area contributed by atoms with Gasteiger partial charge in [0.05, 0.1) is 27.6 Å². The lowest BCUT2D eigenvalue weighted by Crippen LogP contribution is -2.12. The number of nitrogens with zero attached hydrogens (tertiary/aromatic N) is 5. The van der Waals surface area contributed by atoms with E-state index in [0.29, 0.717) is 50.2 Å². The van der Waals surface area contributed by atoms with Crippen LogP contribution in [-0.4, -0.2) is 24.1 Å². The lowest BCUT2D eigenvalue weighted by atomic mass is 9.97. The first-order valence-corrected chi connectivity index (χ1v) is 21.9. The average molecular weight is 874 g/mol. The predicted molar refractivity (Wildman–Crippen MR) is 263 cm³/mol. The molecule has 0 N–H and O–H groups in total. The molecule has 0 aliphatic heterocycles. The largest absolute Gasteiger partial charge is 0.454 e. The Hall–Kier alpha value is -8.82. The summed E-state index contributed by atoms with van der Waals surface area (Å²) in [6.07, 6.45) is -4.88. The van der Waals surface area contributed by atoms with E-state index in [-0.39, 0.29) is 22.7 Å². The Morgan fingerprint density at radius 2 is 0.910 bits per heavy atom. The van der Waals surface area contributed by atoms with E-state index in [4.69, 9.17) is 19.4 Å². The van der Waals surface area contributed by atoms with E-state index >= 15 is 13.2 Å². The van der Waals surface area contributed by atoms with Crippen LogP contribution in [0.5, 0.6) is 0 Å². The van der Waals surface area contributed by atoms with Gasteiger partial charge in [0.25, 0.3) is 0 Å². The molecule has 0 spiro atoms. The highest BCUT2D eigenvalue weighted by Gasteiger charge is 2.39. The zero-order chi connectivity index (χ0) is 44.8. The van der Waals surface area contributed by atoms with Gasteiger partial charge in [0.1, 0.15) is 11.3 Å². The van der Waals surface area contributed by atoms with Gasteiger partial charge in [0.2, 0.25) is 0 Å². The SMILES string of the molecule is FC(F)(F)c1cc(-c2nc(-c3ccccc3)nc(-c3ccccc3)n2)c2c(oc3ccccc32)c1-n1c2ccccc2c2cc(-c3ccccc3)c3c(c4ccccc4n3-c3ccccc3)c21. The molecule has 0 atom stereocenters. The van der Waals surface area contributed by atoms with E-state index in [1.54, 1.807) is 10.6 Å². The molecule has 6 nitrogen and oxygen atoms in total. The summed E-state index contributed by atoms with van der Waals surface area (Å²) in [6, 6.07) is 65.6. The van der Waals surface area contributed by atoms with E-state index in [9.17, 15) is 0 Å². The van der Waals surface area contributed by atoms with Crippen molar-refractivity contribution in [2.75, 3.05) is 0 Å². The Kier molecular flexibility index (Phi) is 8.57. The van der Waals surface area contributed by atoms with Crippen LogP contribution in [-0.2, 0) is 6.18 Å². The first-order valence-electron chi connectivity index (χ1n) is 21.9. The van der Waals surface area contributed by atoms with Crippen LogP contribution >= 0.6 is 0 Å². The zero-order valence-corrected chi connectivity index (χ0v) is 35.4. The molecule has 0 aliphatic rings. The minimum Gasteiger partial charge on any atom is -0.454 e. The second-order valence-electron chi connectivity index (χ2n) is 16.6. The molecule has 0 amide bonds. The number of hydrogen-bond donors (Lipinski definition) is 0. The molecule has 0 radical (unpaired) electrons. The van der Waals surface area contributed by atoms with Crippen molar-refractivity contribution >= 4 is 65.6 Å². The molecule has 4 aromatic heterocycles. The Morgan fingerprint density at radius 1 is 0.403 bits per heavy atom. The van der Waals surface area contributed by atoms with Gasteiger partial charge in [-0.2, -0.15) is 13.2 Å². The van der Waals surface area contributed by atoms with E-state index in [1.165, 1.54) is 6.07 Å². The van der Waals surface area contributed by atoms with Crippen molar-refractivity contribution in [3.63, 3.8) is 0 Å². The Bertz CT molecular complexity index is 4010. The summed E-state index contributed by atoms with van der Waals surface area (Å²) in [5.74, 6) is 0.748. The quantitative estimate of drug-likeness (QED) is 0.167. The average Bonchev–Trinajstić information content (AvgIpc) is 4.05. The molecule has 0 aliphatic carbocycles. The number of rotatable bonds is 6. The van der Waals surface area contributed by atoms with Gasteiger partial charge in [-0.05, 0) is 48.0 Å². The Balaban J connectivity index is 1.23. The number of para-hydroxylation sites is 4. The molecule has 13 aromatic rings. The minimum absolute atomic E-state index is 0.0590. The molecular weight excluding hydrogens is 840 g/mol. The molecule has 4 heterocycles. The first-order chi connectivity index (χ1) is 32.9. The summed E-state index contributed by atoms with van der Waals surface area (Å²) >= 11 is 0. The van der Waals surface area contributed by atoms with Crippen LogP contribution in [0.1, 0.15) is 5.56 Å². The molecule has 0 unspecified atom stereocenters. The zero-order valence-electron chi connectivity index (χ0n) is 35.4. The van der Waals surface area contributed by atoms with Crippen molar-refractivity contribution in [2.45, 2.75) is 6.18 Å². The van der Waals surface area contributed by atoms with Gasteiger partial charge in [-0.3, -0.25) is 0 Å². The van der Waals surface area contributed by atoms with Gasteiger partial charge in [-0.15, -0.1) is 0 Å². The van der Waals surface area contributed by atoms with Crippen LogP contribution in [0.2, 0.25) is 0 Å². The molecule has 67 heavy (non-hydrogen) atoms. The summed E-state index contributed by atoms with van der Waals surface area (Å²) in [5, 5.41) is 4.39. The maximum Gasteiger partial charge on any atom is 0.418 e. The maximum absolute atomic E-state index is 16.6. The van der Waals surface area contributed by atoms with Gasteiger partial charge in [0.15, 0.2) is 23.1 Å². The van der Waals surface area contributed by atoms with Crippen LogP contribution in [0.4, 0.5) is 13.2 Å². The first kappa shape index (κ1) is 38.6. The topological polar surface area (TPSA) is 61.7 Å². The van der Waals surface area contributed by atoms with E-state index in [0.717, 1.165) is 49.4 Å². The second-order valence-corrected chi connectivity index (χ2v) is 16.6. The van der Waals surface area contributed by atoms with Crippen molar-refractivity contribution in [1.82, 2.24) is 24.1 Å². The predicted octanol–water partition coefficient (Wildman–Crippen LogP) is 15.7. The third kappa shape index (κ3) is 6.01. The summed E-state index contributed by atoms with van der Waals surface area (Å²) in [5.41, 5.74) is 6.90. The van der Waals surface area contributed by atoms with Gasteiger partial charge in [-0.1, -0.05) is 164 Å². The fourth-order valence-corrected chi connectivity index (χ4v) is 9.95. The fraction of sp³-hybridized carbons (Fsp3) is 0.0172. The fourth-order valence-electron chi connectivity index (χ4n) is 9.95. The van der Waals surface area contributed by atoms with Gasteiger partial charge in [-0.25, -0.2) is 15.0 Å². The number of hydrogen-bond acceptors (Lipinski definition) is 4. The second kappa shape index (κ2) is 14.9. The van der Waals surface area contributed by atoms with Crippen molar-refractivity contribution in [3.8, 4) is 56.7 Å². The number of fused-ring (bicyclic) bond motifs is 10. The standard InChI is InChI=1S/C58H34F3N5O/c59-58(60,61)45-34-44(57-63-55(36-21-7-2-8-22-36)62-56(64-57)37-23-9-3-10-24-37)49-41-29-15-18-32-48(41)67-54(49)53(45)66-46-30-16-13-27-39(46)43-33-42(35-19-5-1-6-20-35)51-50(52(43)66)40-28-14-17-31-47(40)65(51)38-25-11-4-12-26-38/h1-34H. The highest BCUT2D eigenvalue weighted by Crippen LogP contribution is 2.51. The molecule has 318 valence electrons. The lowest BCUT2D eigenvalue weighted by Gasteiger charge is -2.19.